The summed E-state index contributed by atoms with van der Waals surface area (Å²) in [5, 5.41) is 13.9. The predicted octanol–water partition coefficient (Wildman–Crippen LogP) is 2.43. The summed E-state index contributed by atoms with van der Waals surface area (Å²) >= 11 is 0. The summed E-state index contributed by atoms with van der Waals surface area (Å²) in [6.45, 7) is 6.94. The summed E-state index contributed by atoms with van der Waals surface area (Å²) in [5.74, 6) is -0.791. The van der Waals surface area contributed by atoms with Gasteiger partial charge >= 0.3 is 5.97 Å². The number of anilines is 1. The topological polar surface area (TPSA) is 102 Å². The Morgan fingerprint density at radius 3 is 2.77 bits per heavy atom. The number of carbonyl (C=O) groups is 2. The number of hydrogen-bond acceptors (Lipinski definition) is 6. The first-order valence-corrected chi connectivity index (χ1v) is 8.77. The number of hydrogen-bond donors (Lipinski definition) is 1. The monoisotopic (exact) mass is 363 g/mol. The highest BCUT2D eigenvalue weighted by molar-refractivity contribution is 5.95. The van der Waals surface area contributed by atoms with Crippen LogP contribution in [0.4, 0.5) is 11.4 Å². The highest BCUT2D eigenvalue weighted by Crippen LogP contribution is 2.30. The molecule has 1 heterocycles. The van der Waals surface area contributed by atoms with Crippen LogP contribution in [0.1, 0.15) is 30.9 Å². The minimum atomic E-state index is -0.500. The second-order valence-electron chi connectivity index (χ2n) is 6.53. The Labute approximate surface area is 152 Å². The third kappa shape index (κ3) is 4.78. The molecule has 1 aromatic rings. The number of nitrogens with zero attached hydrogens (tertiary/aromatic N) is 2. The Balaban J connectivity index is 2.04. The molecule has 0 aliphatic carbocycles. The van der Waals surface area contributed by atoms with Crippen LogP contribution in [0.3, 0.4) is 0 Å². The van der Waals surface area contributed by atoms with Crippen LogP contribution in [0.25, 0.3) is 0 Å². The molecular formula is C18H25N3O5. The summed E-state index contributed by atoms with van der Waals surface area (Å²) in [6.07, 6.45) is 1.56. The zero-order valence-electron chi connectivity index (χ0n) is 15.4. The van der Waals surface area contributed by atoms with Crippen LogP contribution < -0.4 is 5.32 Å². The molecule has 0 saturated carbocycles. The molecule has 1 atom stereocenters. The van der Waals surface area contributed by atoms with E-state index < -0.39 is 4.92 Å². The van der Waals surface area contributed by atoms with Crippen molar-refractivity contribution in [1.29, 1.82) is 0 Å². The number of nitro benzene ring substituents is 1. The summed E-state index contributed by atoms with van der Waals surface area (Å²) in [7, 11) is 0. The molecule has 0 spiro atoms. The Hall–Kier alpha value is -2.48. The van der Waals surface area contributed by atoms with Crippen molar-refractivity contribution in [1.82, 2.24) is 4.90 Å². The lowest BCUT2D eigenvalue weighted by molar-refractivity contribution is -0.384. The van der Waals surface area contributed by atoms with Crippen molar-refractivity contribution in [2.24, 2.45) is 5.92 Å². The maximum Gasteiger partial charge on any atom is 0.310 e. The lowest BCUT2D eigenvalue weighted by Crippen LogP contribution is -2.43. The number of likely N-dealkylation sites (tertiary alicyclic amines) is 1. The van der Waals surface area contributed by atoms with Gasteiger partial charge in [-0.05, 0) is 51.3 Å². The van der Waals surface area contributed by atoms with Gasteiger partial charge in [0.2, 0.25) is 5.91 Å². The summed E-state index contributed by atoms with van der Waals surface area (Å²) in [4.78, 5) is 36.9. The average molecular weight is 363 g/mol. The molecule has 8 nitrogen and oxygen atoms in total. The lowest BCUT2D eigenvalue weighted by atomic mass is 9.98. The molecule has 1 amide bonds. The third-order valence-corrected chi connectivity index (χ3v) is 4.67. The van der Waals surface area contributed by atoms with Crippen molar-refractivity contribution in [2.45, 2.75) is 33.6 Å². The van der Waals surface area contributed by atoms with Crippen molar-refractivity contribution in [3.63, 3.8) is 0 Å². The summed E-state index contributed by atoms with van der Waals surface area (Å²) in [6, 6.07) is 3.06. The van der Waals surface area contributed by atoms with Gasteiger partial charge in [0.15, 0.2) is 0 Å². The molecule has 142 valence electrons. The number of aryl methyl sites for hydroxylation is 1. The molecular weight excluding hydrogens is 338 g/mol. The Kier molecular flexibility index (Phi) is 6.68. The number of piperidine rings is 1. The van der Waals surface area contributed by atoms with E-state index in [2.05, 4.69) is 5.32 Å². The van der Waals surface area contributed by atoms with Crippen molar-refractivity contribution in [3.05, 3.63) is 33.4 Å². The van der Waals surface area contributed by atoms with E-state index in [1.54, 1.807) is 19.9 Å². The maximum absolute atomic E-state index is 12.4. The van der Waals surface area contributed by atoms with Crippen molar-refractivity contribution in [3.8, 4) is 0 Å². The van der Waals surface area contributed by atoms with Gasteiger partial charge in [-0.3, -0.25) is 24.6 Å². The molecule has 0 bridgehead atoms. The predicted molar refractivity (Wildman–Crippen MR) is 97.0 cm³/mol. The summed E-state index contributed by atoms with van der Waals surface area (Å²) < 4.78 is 5.06. The number of benzene rings is 1. The average Bonchev–Trinajstić information content (AvgIpc) is 2.59. The van der Waals surface area contributed by atoms with Gasteiger partial charge in [-0.15, -0.1) is 0 Å². The number of carbonyl (C=O) groups excluding carboxylic acids is 2. The number of esters is 1. The van der Waals surface area contributed by atoms with Gasteiger partial charge in [0.1, 0.15) is 5.69 Å². The maximum atomic E-state index is 12.4. The van der Waals surface area contributed by atoms with E-state index in [4.69, 9.17) is 4.74 Å². The molecule has 8 heteroatoms. The van der Waals surface area contributed by atoms with E-state index >= 15 is 0 Å². The zero-order chi connectivity index (χ0) is 19.3. The molecule has 1 aromatic carbocycles. The fourth-order valence-corrected chi connectivity index (χ4v) is 3.15. The van der Waals surface area contributed by atoms with Gasteiger partial charge in [0.05, 0.1) is 24.0 Å². The van der Waals surface area contributed by atoms with Gasteiger partial charge in [-0.2, -0.15) is 0 Å². The van der Waals surface area contributed by atoms with E-state index in [9.17, 15) is 19.7 Å². The highest BCUT2D eigenvalue weighted by Gasteiger charge is 2.28. The highest BCUT2D eigenvalue weighted by atomic mass is 16.6. The van der Waals surface area contributed by atoms with Gasteiger partial charge in [0, 0.05) is 12.6 Å². The second kappa shape index (κ2) is 8.75. The van der Waals surface area contributed by atoms with E-state index in [1.165, 1.54) is 6.07 Å². The molecule has 0 aromatic heterocycles. The fraction of sp³-hybridized carbons (Fsp3) is 0.556. The van der Waals surface area contributed by atoms with Gasteiger partial charge in [-0.25, -0.2) is 0 Å². The Morgan fingerprint density at radius 1 is 1.38 bits per heavy atom. The van der Waals surface area contributed by atoms with Crippen LogP contribution in [0, 0.1) is 29.9 Å². The SMILES string of the molecule is CCOC(=O)[C@H]1CCCN(CC(=O)Nc2c([N+](=O)[O-])ccc(C)c2C)C1. The number of nitro groups is 1. The second-order valence-corrected chi connectivity index (χ2v) is 6.53. The van der Waals surface area contributed by atoms with Gasteiger partial charge in [-0.1, -0.05) is 6.07 Å². The number of nitrogens with one attached hydrogen (secondary N) is 1. The molecule has 1 fully saturated rings. The van der Waals surface area contributed by atoms with Gasteiger partial charge < -0.3 is 10.1 Å². The first kappa shape index (κ1) is 19.8. The van der Waals surface area contributed by atoms with Crippen LogP contribution in [-0.2, 0) is 14.3 Å². The van der Waals surface area contributed by atoms with Gasteiger partial charge in [0.25, 0.3) is 5.69 Å². The van der Waals surface area contributed by atoms with E-state index in [0.717, 1.165) is 18.4 Å². The Morgan fingerprint density at radius 2 is 2.12 bits per heavy atom. The quantitative estimate of drug-likeness (QED) is 0.473. The molecule has 26 heavy (non-hydrogen) atoms. The molecule has 1 aliphatic rings. The minimum absolute atomic E-state index is 0.0838. The number of rotatable bonds is 6. The summed E-state index contributed by atoms with van der Waals surface area (Å²) in [5.41, 5.74) is 1.66. The Bertz CT molecular complexity index is 704. The molecule has 0 radical (unpaired) electrons. The molecule has 1 aliphatic heterocycles. The molecule has 1 saturated heterocycles. The first-order chi connectivity index (χ1) is 12.3. The van der Waals surface area contributed by atoms with E-state index in [0.29, 0.717) is 25.3 Å². The van der Waals surface area contributed by atoms with Crippen LogP contribution in [0.15, 0.2) is 12.1 Å². The molecule has 1 N–H and O–H groups in total. The fourth-order valence-electron chi connectivity index (χ4n) is 3.15. The molecule has 0 unspecified atom stereocenters. The van der Waals surface area contributed by atoms with E-state index in [-0.39, 0.29) is 35.7 Å². The number of amides is 1. The van der Waals surface area contributed by atoms with Crippen molar-refractivity contribution >= 4 is 23.3 Å². The zero-order valence-corrected chi connectivity index (χ0v) is 15.4. The third-order valence-electron chi connectivity index (χ3n) is 4.67. The first-order valence-electron chi connectivity index (χ1n) is 8.77. The van der Waals surface area contributed by atoms with E-state index in [1.807, 2.05) is 11.8 Å². The minimum Gasteiger partial charge on any atom is -0.466 e. The standard InChI is InChI=1S/C18H25N3O5/c1-4-26-18(23)14-6-5-9-20(10-14)11-16(22)19-17-13(3)12(2)7-8-15(17)21(24)25/h7-8,14H,4-6,9-11H2,1-3H3,(H,19,22)/t14-/m0/s1. The largest absolute Gasteiger partial charge is 0.466 e. The van der Waals surface area contributed by atoms with Crippen molar-refractivity contribution < 1.29 is 19.2 Å². The lowest BCUT2D eigenvalue weighted by Gasteiger charge is -2.30. The van der Waals surface area contributed by atoms with Crippen LogP contribution in [-0.4, -0.2) is 47.9 Å². The number of ether oxygens (including phenoxy) is 1. The smallest absolute Gasteiger partial charge is 0.310 e. The van der Waals surface area contributed by atoms with Crippen molar-refractivity contribution in [2.75, 3.05) is 31.6 Å². The van der Waals surface area contributed by atoms with Crippen LogP contribution in [0.5, 0.6) is 0 Å². The molecule has 2 rings (SSSR count). The normalized spacial score (nSPS) is 17.6. The van der Waals surface area contributed by atoms with Crippen LogP contribution >= 0.6 is 0 Å². The van der Waals surface area contributed by atoms with Crippen LogP contribution in [0.2, 0.25) is 0 Å².